The maximum absolute atomic E-state index is 11.6. The van der Waals surface area contributed by atoms with Crippen molar-refractivity contribution in [3.8, 4) is 0 Å². The summed E-state index contributed by atoms with van der Waals surface area (Å²) in [6.07, 6.45) is 0.726. The number of aliphatic hydroxyl groups excluding tert-OH is 1. The van der Waals surface area contributed by atoms with Crippen molar-refractivity contribution in [2.45, 2.75) is 18.2 Å². The molecule has 0 atom stereocenters. The number of nitrogens with two attached hydrogens (primary N) is 1. The Kier molecular flexibility index (Phi) is 5.86. The van der Waals surface area contributed by atoms with E-state index in [9.17, 15) is 4.79 Å². The van der Waals surface area contributed by atoms with Crippen LogP contribution in [0.4, 0.5) is 5.69 Å². The third-order valence-electron chi connectivity index (χ3n) is 2.09. The second-order valence-electron chi connectivity index (χ2n) is 3.40. The molecule has 0 aliphatic rings. The van der Waals surface area contributed by atoms with Gasteiger partial charge in [-0.05, 0) is 31.5 Å². The molecule has 0 aliphatic heterocycles. The molecule has 0 heterocycles. The fraction of sp³-hybridized carbons (Fsp3) is 0.417. The van der Waals surface area contributed by atoms with E-state index in [0.29, 0.717) is 17.9 Å². The quantitative estimate of drug-likeness (QED) is 0.351. The molecule has 1 aromatic carbocycles. The smallest absolute Gasteiger partial charge is 0.340 e. The van der Waals surface area contributed by atoms with Crippen LogP contribution in [0, 0.1) is 0 Å². The van der Waals surface area contributed by atoms with Crippen LogP contribution >= 0.6 is 11.8 Å². The lowest BCUT2D eigenvalue weighted by atomic mass is 10.2. The second-order valence-corrected chi connectivity index (χ2v) is 4.56. The molecule has 0 saturated carbocycles. The average molecular weight is 255 g/mol. The lowest BCUT2D eigenvalue weighted by Gasteiger charge is -2.07. The van der Waals surface area contributed by atoms with Gasteiger partial charge in [0, 0.05) is 22.9 Å². The zero-order valence-corrected chi connectivity index (χ0v) is 10.6. The van der Waals surface area contributed by atoms with Gasteiger partial charge in [0.25, 0.3) is 0 Å². The summed E-state index contributed by atoms with van der Waals surface area (Å²) in [5, 5.41) is 8.69. The molecule has 3 N–H and O–H groups in total. The summed E-state index contributed by atoms with van der Waals surface area (Å²) in [6, 6.07) is 5.29. The van der Waals surface area contributed by atoms with Crippen LogP contribution in [0.1, 0.15) is 23.7 Å². The topological polar surface area (TPSA) is 72.5 Å². The van der Waals surface area contributed by atoms with Gasteiger partial charge in [-0.2, -0.15) is 0 Å². The van der Waals surface area contributed by atoms with E-state index in [1.54, 1.807) is 30.8 Å². The van der Waals surface area contributed by atoms with Crippen molar-refractivity contribution in [3.63, 3.8) is 0 Å². The van der Waals surface area contributed by atoms with Gasteiger partial charge in [0.2, 0.25) is 0 Å². The molecular weight excluding hydrogens is 238 g/mol. The van der Waals surface area contributed by atoms with Crippen LogP contribution < -0.4 is 5.73 Å². The summed E-state index contributed by atoms with van der Waals surface area (Å²) in [7, 11) is 0. The maximum Gasteiger partial charge on any atom is 0.340 e. The Bertz CT molecular complexity index is 382. The monoisotopic (exact) mass is 255 g/mol. The number of hydrogen-bond acceptors (Lipinski definition) is 5. The number of aliphatic hydroxyl groups is 1. The molecule has 0 spiro atoms. The summed E-state index contributed by atoms with van der Waals surface area (Å²) < 4.78 is 4.92. The standard InChI is InChI=1S/C12H17NO3S/c1-2-16-12(15)10-8-9(4-5-11(10)13)17-7-3-6-14/h4-5,8,14H,2-3,6-7,13H2,1H3. The van der Waals surface area contributed by atoms with E-state index in [1.165, 1.54) is 0 Å². The fourth-order valence-corrected chi connectivity index (χ4v) is 2.14. The maximum atomic E-state index is 11.6. The highest BCUT2D eigenvalue weighted by atomic mass is 32.2. The summed E-state index contributed by atoms with van der Waals surface area (Å²) in [4.78, 5) is 12.6. The van der Waals surface area contributed by atoms with E-state index in [0.717, 1.165) is 17.1 Å². The molecule has 0 saturated heterocycles. The van der Waals surface area contributed by atoms with Gasteiger partial charge in [-0.1, -0.05) is 0 Å². The highest BCUT2D eigenvalue weighted by Crippen LogP contribution is 2.24. The molecule has 5 heteroatoms. The number of benzene rings is 1. The van der Waals surface area contributed by atoms with Crippen molar-refractivity contribution in [3.05, 3.63) is 23.8 Å². The van der Waals surface area contributed by atoms with Crippen LogP contribution in [0.5, 0.6) is 0 Å². The van der Waals surface area contributed by atoms with Gasteiger partial charge in [0.15, 0.2) is 0 Å². The van der Waals surface area contributed by atoms with Gasteiger partial charge in [0.05, 0.1) is 12.2 Å². The number of anilines is 1. The Hall–Kier alpha value is -1.20. The van der Waals surface area contributed by atoms with Crippen LogP contribution in [0.25, 0.3) is 0 Å². The van der Waals surface area contributed by atoms with Crippen LogP contribution in [0.3, 0.4) is 0 Å². The average Bonchev–Trinajstić information content (AvgIpc) is 2.32. The van der Waals surface area contributed by atoms with Crippen LogP contribution in [0.2, 0.25) is 0 Å². The van der Waals surface area contributed by atoms with Gasteiger partial charge < -0.3 is 15.6 Å². The normalized spacial score (nSPS) is 10.2. The number of carbonyl (C=O) groups is 1. The highest BCUT2D eigenvalue weighted by molar-refractivity contribution is 7.99. The van der Waals surface area contributed by atoms with Crippen molar-refractivity contribution < 1.29 is 14.6 Å². The lowest BCUT2D eigenvalue weighted by Crippen LogP contribution is -2.08. The third-order valence-corrected chi connectivity index (χ3v) is 3.17. The van der Waals surface area contributed by atoms with Gasteiger partial charge in [-0.25, -0.2) is 4.79 Å². The van der Waals surface area contributed by atoms with E-state index in [1.807, 2.05) is 6.07 Å². The van der Waals surface area contributed by atoms with Crippen molar-refractivity contribution >= 4 is 23.4 Å². The van der Waals surface area contributed by atoms with Crippen molar-refractivity contribution in [1.29, 1.82) is 0 Å². The molecule has 0 radical (unpaired) electrons. The molecule has 94 valence electrons. The lowest BCUT2D eigenvalue weighted by molar-refractivity contribution is 0.0527. The van der Waals surface area contributed by atoms with E-state index in [-0.39, 0.29) is 6.61 Å². The van der Waals surface area contributed by atoms with Crippen LogP contribution in [0.15, 0.2) is 23.1 Å². The summed E-state index contributed by atoms with van der Waals surface area (Å²) in [5.41, 5.74) is 6.55. The minimum atomic E-state index is -0.394. The van der Waals surface area contributed by atoms with Crippen molar-refractivity contribution in [2.24, 2.45) is 0 Å². The van der Waals surface area contributed by atoms with E-state index in [2.05, 4.69) is 0 Å². The molecule has 0 aromatic heterocycles. The first kappa shape index (κ1) is 13.9. The minimum absolute atomic E-state index is 0.173. The zero-order valence-electron chi connectivity index (χ0n) is 9.81. The Morgan fingerprint density at radius 2 is 2.29 bits per heavy atom. The Morgan fingerprint density at radius 1 is 1.53 bits per heavy atom. The largest absolute Gasteiger partial charge is 0.462 e. The van der Waals surface area contributed by atoms with Crippen LogP contribution in [-0.2, 0) is 4.74 Å². The predicted molar refractivity (Wildman–Crippen MR) is 69.2 cm³/mol. The molecule has 4 nitrogen and oxygen atoms in total. The van der Waals surface area contributed by atoms with Gasteiger partial charge in [-0.15, -0.1) is 11.8 Å². The SMILES string of the molecule is CCOC(=O)c1cc(SCCCO)ccc1N. The molecule has 0 aliphatic carbocycles. The van der Waals surface area contributed by atoms with Gasteiger partial charge >= 0.3 is 5.97 Å². The highest BCUT2D eigenvalue weighted by Gasteiger charge is 2.11. The molecule has 1 rings (SSSR count). The second kappa shape index (κ2) is 7.19. The van der Waals surface area contributed by atoms with Crippen LogP contribution in [-0.4, -0.2) is 30.0 Å². The number of carbonyl (C=O) groups excluding carboxylic acids is 1. The first-order chi connectivity index (χ1) is 8.19. The number of esters is 1. The van der Waals surface area contributed by atoms with Gasteiger partial charge in [0.1, 0.15) is 0 Å². The van der Waals surface area contributed by atoms with E-state index in [4.69, 9.17) is 15.6 Å². The molecular formula is C12H17NO3S. The minimum Gasteiger partial charge on any atom is -0.462 e. The molecule has 0 amide bonds. The molecule has 0 fully saturated rings. The summed E-state index contributed by atoms with van der Waals surface area (Å²) in [6.45, 7) is 2.26. The Balaban J connectivity index is 2.75. The van der Waals surface area contributed by atoms with Crippen molar-refractivity contribution in [2.75, 3.05) is 24.7 Å². The van der Waals surface area contributed by atoms with E-state index >= 15 is 0 Å². The molecule has 0 bridgehead atoms. The number of hydrogen-bond donors (Lipinski definition) is 2. The molecule has 17 heavy (non-hydrogen) atoms. The number of rotatable bonds is 6. The van der Waals surface area contributed by atoms with Crippen molar-refractivity contribution in [1.82, 2.24) is 0 Å². The Labute approximate surface area is 105 Å². The summed E-state index contributed by atoms with van der Waals surface area (Å²) in [5.74, 6) is 0.414. The zero-order chi connectivity index (χ0) is 12.7. The number of nitrogen functional groups attached to an aromatic ring is 1. The van der Waals surface area contributed by atoms with E-state index < -0.39 is 5.97 Å². The predicted octanol–water partition coefficient (Wildman–Crippen LogP) is 1.92. The molecule has 1 aromatic rings. The molecule has 0 unspecified atom stereocenters. The number of ether oxygens (including phenoxy) is 1. The first-order valence-electron chi connectivity index (χ1n) is 5.49. The number of thioether (sulfide) groups is 1. The fourth-order valence-electron chi connectivity index (χ4n) is 1.27. The van der Waals surface area contributed by atoms with Gasteiger partial charge in [-0.3, -0.25) is 0 Å². The first-order valence-corrected chi connectivity index (χ1v) is 6.48. The Morgan fingerprint density at radius 3 is 2.94 bits per heavy atom. The summed E-state index contributed by atoms with van der Waals surface area (Å²) >= 11 is 1.58. The third kappa shape index (κ3) is 4.28.